The lowest BCUT2D eigenvalue weighted by Gasteiger charge is -2.18. The van der Waals surface area contributed by atoms with Gasteiger partial charge in [0.25, 0.3) is 0 Å². The number of carboxylic acid groups (broad SMARTS) is 1. The number of carboxylic acids is 1. The lowest BCUT2D eigenvalue weighted by Crippen LogP contribution is -2.35. The quantitative estimate of drug-likeness (QED) is 0.709. The molecule has 0 fully saturated rings. The minimum Gasteiger partial charge on any atom is -0.480 e. The van der Waals surface area contributed by atoms with E-state index in [4.69, 9.17) is 5.11 Å². The SMILES string of the molecule is CCCC(C(=O)O)N(C)C.Cl. The van der Waals surface area contributed by atoms with Crippen LogP contribution in [-0.2, 0) is 4.79 Å². The monoisotopic (exact) mass is 181 g/mol. The number of hydrogen-bond acceptors (Lipinski definition) is 2. The van der Waals surface area contributed by atoms with Crippen molar-refractivity contribution in [3.63, 3.8) is 0 Å². The maximum absolute atomic E-state index is 10.5. The molecule has 3 nitrogen and oxygen atoms in total. The molecule has 0 spiro atoms. The Kier molecular flexibility index (Phi) is 7.79. The fourth-order valence-electron chi connectivity index (χ4n) is 0.876. The molecule has 0 rings (SSSR count). The van der Waals surface area contributed by atoms with Gasteiger partial charge in [-0.15, -0.1) is 12.4 Å². The Morgan fingerprint density at radius 1 is 1.55 bits per heavy atom. The van der Waals surface area contributed by atoms with Crippen LogP contribution in [0.15, 0.2) is 0 Å². The van der Waals surface area contributed by atoms with Gasteiger partial charge < -0.3 is 5.11 Å². The molecule has 0 amide bonds. The Hall–Kier alpha value is -0.280. The Morgan fingerprint density at radius 2 is 2.00 bits per heavy atom. The van der Waals surface area contributed by atoms with Crippen molar-refractivity contribution >= 4 is 18.4 Å². The number of rotatable bonds is 4. The molecular formula is C7H16ClNO2. The summed E-state index contributed by atoms with van der Waals surface area (Å²) in [6.07, 6.45) is 1.64. The first-order valence-electron chi connectivity index (χ1n) is 3.48. The van der Waals surface area contributed by atoms with E-state index in [-0.39, 0.29) is 18.4 Å². The number of hydrogen-bond donors (Lipinski definition) is 1. The zero-order valence-corrected chi connectivity index (χ0v) is 8.02. The summed E-state index contributed by atoms with van der Waals surface area (Å²) in [4.78, 5) is 12.2. The molecule has 11 heavy (non-hydrogen) atoms. The van der Waals surface area contributed by atoms with Crippen molar-refractivity contribution in [2.24, 2.45) is 0 Å². The van der Waals surface area contributed by atoms with E-state index >= 15 is 0 Å². The first kappa shape index (κ1) is 13.3. The molecule has 0 heterocycles. The fraction of sp³-hybridized carbons (Fsp3) is 0.857. The summed E-state index contributed by atoms with van der Waals surface area (Å²) in [5, 5.41) is 8.63. The van der Waals surface area contributed by atoms with Gasteiger partial charge >= 0.3 is 5.97 Å². The predicted molar refractivity (Wildman–Crippen MR) is 47.3 cm³/mol. The lowest BCUT2D eigenvalue weighted by atomic mass is 10.1. The van der Waals surface area contributed by atoms with Crippen LogP contribution in [0.25, 0.3) is 0 Å². The van der Waals surface area contributed by atoms with E-state index in [1.165, 1.54) is 0 Å². The van der Waals surface area contributed by atoms with E-state index in [1.807, 2.05) is 6.92 Å². The lowest BCUT2D eigenvalue weighted by molar-refractivity contribution is -0.142. The first-order chi connectivity index (χ1) is 4.59. The standard InChI is InChI=1S/C7H15NO2.ClH/c1-4-5-6(7(9)10)8(2)3;/h6H,4-5H2,1-3H3,(H,9,10);1H. The Bertz CT molecular complexity index is 117. The highest BCUT2D eigenvalue weighted by Gasteiger charge is 2.17. The molecular weight excluding hydrogens is 166 g/mol. The van der Waals surface area contributed by atoms with Crippen molar-refractivity contribution in [2.75, 3.05) is 14.1 Å². The average Bonchev–Trinajstić information content (AvgIpc) is 1.81. The van der Waals surface area contributed by atoms with Crippen molar-refractivity contribution in [2.45, 2.75) is 25.8 Å². The Balaban J connectivity index is 0. The van der Waals surface area contributed by atoms with Crippen molar-refractivity contribution in [1.82, 2.24) is 4.90 Å². The van der Waals surface area contributed by atoms with Crippen LogP contribution in [0, 0.1) is 0 Å². The van der Waals surface area contributed by atoms with E-state index < -0.39 is 5.97 Å². The topological polar surface area (TPSA) is 40.5 Å². The summed E-state index contributed by atoms with van der Waals surface area (Å²) < 4.78 is 0. The minimum atomic E-state index is -0.730. The van der Waals surface area contributed by atoms with Gasteiger partial charge in [-0.3, -0.25) is 9.69 Å². The van der Waals surface area contributed by atoms with Crippen molar-refractivity contribution < 1.29 is 9.90 Å². The highest BCUT2D eigenvalue weighted by Crippen LogP contribution is 2.02. The molecule has 0 aromatic rings. The number of halogens is 1. The molecule has 1 N–H and O–H groups in total. The summed E-state index contributed by atoms with van der Waals surface area (Å²) in [6, 6.07) is -0.315. The second-order valence-corrected chi connectivity index (χ2v) is 2.61. The van der Waals surface area contributed by atoms with Crippen molar-refractivity contribution in [3.05, 3.63) is 0 Å². The minimum absolute atomic E-state index is 0. The zero-order chi connectivity index (χ0) is 8.15. The first-order valence-corrected chi connectivity index (χ1v) is 3.48. The van der Waals surface area contributed by atoms with Gasteiger partial charge in [0.2, 0.25) is 0 Å². The van der Waals surface area contributed by atoms with Crippen LogP contribution in [-0.4, -0.2) is 36.1 Å². The predicted octanol–water partition coefficient (Wildman–Crippen LogP) is 1.22. The molecule has 0 saturated heterocycles. The molecule has 1 atom stereocenters. The second kappa shape index (κ2) is 6.43. The Morgan fingerprint density at radius 3 is 2.09 bits per heavy atom. The van der Waals surface area contributed by atoms with Gasteiger partial charge in [-0.05, 0) is 20.5 Å². The normalized spacial score (nSPS) is 12.4. The molecule has 0 aromatic carbocycles. The molecule has 0 radical (unpaired) electrons. The third kappa shape index (κ3) is 5.04. The van der Waals surface area contributed by atoms with Gasteiger partial charge in [-0.1, -0.05) is 13.3 Å². The third-order valence-corrected chi connectivity index (χ3v) is 1.47. The summed E-state index contributed by atoms with van der Waals surface area (Å²) in [7, 11) is 3.57. The highest BCUT2D eigenvalue weighted by atomic mass is 35.5. The van der Waals surface area contributed by atoms with Gasteiger partial charge in [0.1, 0.15) is 6.04 Å². The van der Waals surface area contributed by atoms with Crippen molar-refractivity contribution in [1.29, 1.82) is 0 Å². The molecule has 0 bridgehead atoms. The third-order valence-electron chi connectivity index (χ3n) is 1.47. The van der Waals surface area contributed by atoms with Crippen LogP contribution in [0.3, 0.4) is 0 Å². The van der Waals surface area contributed by atoms with Gasteiger partial charge in [-0.2, -0.15) is 0 Å². The molecule has 0 saturated carbocycles. The average molecular weight is 182 g/mol. The van der Waals surface area contributed by atoms with E-state index in [1.54, 1.807) is 19.0 Å². The summed E-state index contributed by atoms with van der Waals surface area (Å²) >= 11 is 0. The smallest absolute Gasteiger partial charge is 0.320 e. The number of nitrogens with zero attached hydrogens (tertiary/aromatic N) is 1. The van der Waals surface area contributed by atoms with Crippen LogP contribution in [0.1, 0.15) is 19.8 Å². The van der Waals surface area contributed by atoms with Crippen LogP contribution in [0.4, 0.5) is 0 Å². The van der Waals surface area contributed by atoms with E-state index in [9.17, 15) is 4.79 Å². The van der Waals surface area contributed by atoms with Gasteiger partial charge in [0, 0.05) is 0 Å². The van der Waals surface area contributed by atoms with Crippen LogP contribution >= 0.6 is 12.4 Å². The maximum atomic E-state index is 10.5. The summed E-state index contributed by atoms with van der Waals surface area (Å²) in [5.74, 6) is -0.730. The van der Waals surface area contributed by atoms with E-state index in [2.05, 4.69) is 0 Å². The van der Waals surface area contributed by atoms with Crippen LogP contribution < -0.4 is 0 Å². The molecule has 4 heteroatoms. The van der Waals surface area contributed by atoms with Crippen molar-refractivity contribution in [3.8, 4) is 0 Å². The largest absolute Gasteiger partial charge is 0.480 e. The second-order valence-electron chi connectivity index (χ2n) is 2.61. The maximum Gasteiger partial charge on any atom is 0.320 e. The summed E-state index contributed by atoms with van der Waals surface area (Å²) in [5.41, 5.74) is 0. The van der Waals surface area contributed by atoms with Gasteiger partial charge in [-0.25, -0.2) is 0 Å². The number of carbonyl (C=O) groups is 1. The highest BCUT2D eigenvalue weighted by molar-refractivity contribution is 5.85. The van der Waals surface area contributed by atoms with Crippen LogP contribution in [0.2, 0.25) is 0 Å². The molecule has 0 aliphatic rings. The molecule has 0 aromatic heterocycles. The number of aliphatic carboxylic acids is 1. The van der Waals surface area contributed by atoms with Crippen LogP contribution in [0.5, 0.6) is 0 Å². The number of likely N-dealkylation sites (N-methyl/N-ethyl adjacent to an activating group) is 1. The van der Waals surface area contributed by atoms with E-state index in [0.29, 0.717) is 0 Å². The fourth-order valence-corrected chi connectivity index (χ4v) is 0.876. The molecule has 0 aliphatic heterocycles. The van der Waals surface area contributed by atoms with Gasteiger partial charge in [0.15, 0.2) is 0 Å². The Labute approximate surface area is 73.8 Å². The zero-order valence-electron chi connectivity index (χ0n) is 7.20. The van der Waals surface area contributed by atoms with E-state index in [0.717, 1.165) is 12.8 Å². The molecule has 68 valence electrons. The van der Waals surface area contributed by atoms with Gasteiger partial charge in [0.05, 0.1) is 0 Å². The molecule has 1 unspecified atom stereocenters. The molecule has 0 aliphatic carbocycles. The summed E-state index contributed by atoms with van der Waals surface area (Å²) in [6.45, 7) is 1.99.